The number of ether oxygens (including phenoxy) is 1. The summed E-state index contributed by atoms with van der Waals surface area (Å²) >= 11 is 12.2. The molecule has 0 bridgehead atoms. The molecule has 26 heavy (non-hydrogen) atoms. The molecule has 138 valence electrons. The highest BCUT2D eigenvalue weighted by molar-refractivity contribution is 6.43. The summed E-state index contributed by atoms with van der Waals surface area (Å²) in [7, 11) is 0. The van der Waals surface area contributed by atoms with Gasteiger partial charge in [-0.05, 0) is 24.3 Å². The SMILES string of the molecule is O=C(NCCN1CCOCC1)c1ccc(Nc2cccc(Cl)c2Cl)cn1. The Bertz CT molecular complexity index is 749. The molecule has 2 heterocycles. The fourth-order valence-corrected chi connectivity index (χ4v) is 2.95. The molecule has 8 heteroatoms. The first-order chi connectivity index (χ1) is 12.6. The molecule has 2 N–H and O–H groups in total. The van der Waals surface area contributed by atoms with Gasteiger partial charge in [0.1, 0.15) is 5.69 Å². The van der Waals surface area contributed by atoms with E-state index in [1.54, 1.807) is 30.5 Å². The van der Waals surface area contributed by atoms with Crippen molar-refractivity contribution >= 4 is 40.5 Å². The fourth-order valence-electron chi connectivity index (χ4n) is 2.60. The molecule has 0 radical (unpaired) electrons. The molecule has 1 aliphatic rings. The molecule has 0 saturated carbocycles. The van der Waals surface area contributed by atoms with E-state index in [1.165, 1.54) is 0 Å². The van der Waals surface area contributed by atoms with Crippen LogP contribution in [0.5, 0.6) is 0 Å². The lowest BCUT2D eigenvalue weighted by Crippen LogP contribution is -2.41. The van der Waals surface area contributed by atoms with Crippen LogP contribution in [0.3, 0.4) is 0 Å². The van der Waals surface area contributed by atoms with Gasteiger partial charge in [-0.3, -0.25) is 9.69 Å². The molecule has 0 atom stereocenters. The Balaban J connectivity index is 1.51. The lowest BCUT2D eigenvalue weighted by atomic mass is 10.2. The Kier molecular flexibility index (Phi) is 6.68. The number of hydrogen-bond donors (Lipinski definition) is 2. The average Bonchev–Trinajstić information content (AvgIpc) is 2.67. The third-order valence-electron chi connectivity index (χ3n) is 4.04. The molecule has 3 rings (SSSR count). The zero-order valence-corrected chi connectivity index (χ0v) is 15.7. The summed E-state index contributed by atoms with van der Waals surface area (Å²) in [4.78, 5) is 18.6. The molecule has 1 aromatic heterocycles. The lowest BCUT2D eigenvalue weighted by Gasteiger charge is -2.26. The van der Waals surface area contributed by atoms with E-state index in [9.17, 15) is 4.79 Å². The van der Waals surface area contributed by atoms with Gasteiger partial charge >= 0.3 is 0 Å². The molecule has 1 saturated heterocycles. The number of amides is 1. The molecule has 1 fully saturated rings. The normalized spacial score (nSPS) is 14.8. The van der Waals surface area contributed by atoms with Gasteiger partial charge in [-0.15, -0.1) is 0 Å². The van der Waals surface area contributed by atoms with Crippen molar-refractivity contribution in [3.8, 4) is 0 Å². The molecule has 1 amide bonds. The van der Waals surface area contributed by atoms with Crippen molar-refractivity contribution in [2.45, 2.75) is 0 Å². The molecular weight excluding hydrogens is 375 g/mol. The summed E-state index contributed by atoms with van der Waals surface area (Å²) < 4.78 is 5.30. The van der Waals surface area contributed by atoms with Crippen LogP contribution in [0.4, 0.5) is 11.4 Å². The number of morpholine rings is 1. The monoisotopic (exact) mass is 394 g/mol. The van der Waals surface area contributed by atoms with E-state index in [-0.39, 0.29) is 5.91 Å². The molecule has 1 aliphatic heterocycles. The lowest BCUT2D eigenvalue weighted by molar-refractivity contribution is 0.0383. The standard InChI is InChI=1S/C18H20Cl2N4O2/c19-14-2-1-3-15(17(14)20)23-13-4-5-16(22-12-13)18(25)21-6-7-24-8-10-26-11-9-24/h1-5,12,23H,6-11H2,(H,21,25). The van der Waals surface area contributed by atoms with Crippen LogP contribution >= 0.6 is 23.2 Å². The largest absolute Gasteiger partial charge is 0.379 e. The van der Waals surface area contributed by atoms with E-state index in [0.29, 0.717) is 28.0 Å². The molecule has 1 aromatic carbocycles. The second-order valence-electron chi connectivity index (χ2n) is 5.87. The maximum atomic E-state index is 12.2. The van der Waals surface area contributed by atoms with Gasteiger partial charge < -0.3 is 15.4 Å². The summed E-state index contributed by atoms with van der Waals surface area (Å²) in [5, 5.41) is 6.94. The second kappa shape index (κ2) is 9.19. The van der Waals surface area contributed by atoms with Crippen molar-refractivity contribution in [3.63, 3.8) is 0 Å². The number of anilines is 2. The zero-order chi connectivity index (χ0) is 18.4. The van der Waals surface area contributed by atoms with E-state index in [1.807, 2.05) is 6.07 Å². The van der Waals surface area contributed by atoms with Crippen LogP contribution < -0.4 is 10.6 Å². The number of hydrogen-bond acceptors (Lipinski definition) is 5. The Morgan fingerprint density at radius 1 is 1.19 bits per heavy atom. The topological polar surface area (TPSA) is 66.5 Å². The molecule has 2 aromatic rings. The van der Waals surface area contributed by atoms with Gasteiger partial charge in [0.05, 0.1) is 40.8 Å². The van der Waals surface area contributed by atoms with Gasteiger partial charge in [0.25, 0.3) is 5.91 Å². The Morgan fingerprint density at radius 2 is 2.00 bits per heavy atom. The minimum atomic E-state index is -0.189. The van der Waals surface area contributed by atoms with E-state index >= 15 is 0 Å². The first-order valence-electron chi connectivity index (χ1n) is 8.39. The third-order valence-corrected chi connectivity index (χ3v) is 4.86. The number of carbonyl (C=O) groups is 1. The van der Waals surface area contributed by atoms with Crippen LogP contribution in [0.2, 0.25) is 10.0 Å². The first-order valence-corrected chi connectivity index (χ1v) is 9.14. The number of benzene rings is 1. The van der Waals surface area contributed by atoms with E-state index < -0.39 is 0 Å². The van der Waals surface area contributed by atoms with Crippen LogP contribution in [-0.4, -0.2) is 55.2 Å². The summed E-state index contributed by atoms with van der Waals surface area (Å²) in [6.45, 7) is 4.70. The van der Waals surface area contributed by atoms with E-state index in [2.05, 4.69) is 20.5 Å². The predicted molar refractivity (Wildman–Crippen MR) is 104 cm³/mol. The van der Waals surface area contributed by atoms with Gasteiger partial charge in [0.2, 0.25) is 0 Å². The van der Waals surface area contributed by atoms with Gasteiger partial charge in [0, 0.05) is 26.2 Å². The zero-order valence-electron chi connectivity index (χ0n) is 14.2. The number of nitrogens with one attached hydrogen (secondary N) is 2. The quantitative estimate of drug-likeness (QED) is 0.787. The summed E-state index contributed by atoms with van der Waals surface area (Å²) in [5.41, 5.74) is 1.78. The van der Waals surface area contributed by atoms with Crippen molar-refractivity contribution in [2.75, 3.05) is 44.7 Å². The number of aromatic nitrogens is 1. The fraction of sp³-hybridized carbons (Fsp3) is 0.333. The van der Waals surface area contributed by atoms with Crippen molar-refractivity contribution in [2.24, 2.45) is 0 Å². The Labute approximate surface area is 162 Å². The van der Waals surface area contributed by atoms with Crippen molar-refractivity contribution in [1.29, 1.82) is 0 Å². The number of rotatable bonds is 6. The van der Waals surface area contributed by atoms with Crippen molar-refractivity contribution < 1.29 is 9.53 Å². The molecule has 0 unspecified atom stereocenters. The molecule has 6 nitrogen and oxygen atoms in total. The number of nitrogens with zero attached hydrogens (tertiary/aromatic N) is 2. The highest BCUT2D eigenvalue weighted by Crippen LogP contribution is 2.31. The number of pyridine rings is 1. The van der Waals surface area contributed by atoms with Crippen LogP contribution in [-0.2, 0) is 4.74 Å². The molecule has 0 spiro atoms. The average molecular weight is 395 g/mol. The Morgan fingerprint density at radius 3 is 2.73 bits per heavy atom. The number of carbonyl (C=O) groups excluding carboxylic acids is 1. The van der Waals surface area contributed by atoms with Gasteiger partial charge in [-0.25, -0.2) is 4.98 Å². The van der Waals surface area contributed by atoms with Gasteiger partial charge in [-0.2, -0.15) is 0 Å². The molecular formula is C18H20Cl2N4O2. The predicted octanol–water partition coefficient (Wildman–Crippen LogP) is 3.19. The van der Waals surface area contributed by atoms with Crippen molar-refractivity contribution in [1.82, 2.24) is 15.2 Å². The van der Waals surface area contributed by atoms with Crippen LogP contribution in [0.1, 0.15) is 10.5 Å². The van der Waals surface area contributed by atoms with Crippen molar-refractivity contribution in [3.05, 3.63) is 52.3 Å². The maximum Gasteiger partial charge on any atom is 0.269 e. The third kappa shape index (κ3) is 5.08. The first kappa shape index (κ1) is 18.9. The van der Waals surface area contributed by atoms with E-state index in [0.717, 1.165) is 38.5 Å². The minimum absolute atomic E-state index is 0.189. The summed E-state index contributed by atoms with van der Waals surface area (Å²) in [6.07, 6.45) is 1.59. The smallest absolute Gasteiger partial charge is 0.269 e. The van der Waals surface area contributed by atoms with Crippen LogP contribution in [0.15, 0.2) is 36.5 Å². The highest BCUT2D eigenvalue weighted by Gasteiger charge is 2.12. The highest BCUT2D eigenvalue weighted by atomic mass is 35.5. The maximum absolute atomic E-state index is 12.2. The molecule has 0 aliphatic carbocycles. The summed E-state index contributed by atoms with van der Waals surface area (Å²) in [6, 6.07) is 8.80. The summed E-state index contributed by atoms with van der Waals surface area (Å²) in [5.74, 6) is -0.189. The Hall–Kier alpha value is -1.86. The minimum Gasteiger partial charge on any atom is -0.379 e. The number of halogens is 2. The van der Waals surface area contributed by atoms with Crippen LogP contribution in [0.25, 0.3) is 0 Å². The van der Waals surface area contributed by atoms with Gasteiger partial charge in [0.15, 0.2) is 0 Å². The second-order valence-corrected chi connectivity index (χ2v) is 6.65. The van der Waals surface area contributed by atoms with Crippen LogP contribution in [0, 0.1) is 0 Å². The van der Waals surface area contributed by atoms with Gasteiger partial charge in [-0.1, -0.05) is 29.3 Å². The van der Waals surface area contributed by atoms with E-state index in [4.69, 9.17) is 27.9 Å².